The Morgan fingerprint density at radius 2 is 1.17 bits per heavy atom. The van der Waals surface area contributed by atoms with Gasteiger partial charge in [-0.1, -0.05) is 0 Å². The molecule has 0 fully saturated rings. The summed E-state index contributed by atoms with van der Waals surface area (Å²) >= 11 is 2.40. The third-order valence-electron chi connectivity index (χ3n) is 8.15. The van der Waals surface area contributed by atoms with Crippen LogP contribution in [0.4, 0.5) is 0 Å². The van der Waals surface area contributed by atoms with E-state index in [1.54, 1.807) is 0 Å². The van der Waals surface area contributed by atoms with E-state index < -0.39 is 8.07 Å². The van der Waals surface area contributed by atoms with E-state index in [4.69, 9.17) is 0 Å². The Balaban J connectivity index is 0.00000216. The normalized spacial score (nSPS) is 18.7. The molecule has 0 amide bonds. The minimum atomic E-state index is -2.57. The van der Waals surface area contributed by atoms with Crippen molar-refractivity contribution in [3.8, 4) is 0 Å². The summed E-state index contributed by atoms with van der Waals surface area (Å²) in [6.45, 7) is 18.6. The number of hydrogen-bond donors (Lipinski definition) is 0. The van der Waals surface area contributed by atoms with E-state index in [1.165, 1.54) is 58.4 Å². The fourth-order valence-corrected chi connectivity index (χ4v) is 14.3. The molecule has 0 aromatic heterocycles. The van der Waals surface area contributed by atoms with Crippen molar-refractivity contribution >= 4 is 23.6 Å². The molecule has 3 aromatic carbocycles. The smallest absolute Gasteiger partial charge is 1.00 e. The average Bonchev–Trinajstić information content (AvgIpc) is 2.92. The second-order valence-corrected chi connectivity index (χ2v) is 15.2. The molecule has 188 valence electrons. The van der Waals surface area contributed by atoms with Crippen LogP contribution in [0, 0.1) is 27.7 Å². The molecular weight excluding hydrogens is 555 g/mol. The van der Waals surface area contributed by atoms with Crippen LogP contribution in [0.15, 0.2) is 87.3 Å². The van der Waals surface area contributed by atoms with Gasteiger partial charge >= 0.3 is 214 Å². The molecule has 2 atom stereocenters. The van der Waals surface area contributed by atoms with Gasteiger partial charge in [-0.3, -0.25) is 0 Å². The van der Waals surface area contributed by atoms with E-state index in [1.807, 2.05) is 0 Å². The van der Waals surface area contributed by atoms with Gasteiger partial charge in [-0.25, -0.2) is 0 Å². The molecule has 0 saturated carbocycles. The van der Waals surface area contributed by atoms with Gasteiger partial charge in [0.15, 0.2) is 0 Å². The summed E-state index contributed by atoms with van der Waals surface area (Å²) in [5, 5.41) is 4.49. The summed E-state index contributed by atoms with van der Waals surface area (Å²) in [4.78, 5) is 0. The first-order valence-electron chi connectivity index (χ1n) is 11.9. The molecule has 0 saturated heterocycles. The van der Waals surface area contributed by atoms with E-state index >= 15 is 0 Å². The number of aryl methyl sites for hydroxylation is 4. The van der Waals surface area contributed by atoms with E-state index in [-0.39, 0.29) is 42.3 Å². The quantitative estimate of drug-likeness (QED) is 0.230. The zero-order valence-electron chi connectivity index (χ0n) is 22.5. The molecule has 0 N–H and O–H groups in total. The molecule has 4 rings (SSSR count). The Hall–Kier alpha value is -1.06. The summed E-state index contributed by atoms with van der Waals surface area (Å²) in [5.74, 6) is 0. The summed E-state index contributed by atoms with van der Waals surface area (Å²) < 4.78 is 1.53. The molecule has 2 unspecified atom stereocenters. The molecule has 0 nitrogen and oxygen atoms in total. The van der Waals surface area contributed by atoms with E-state index in [2.05, 4.69) is 143 Å². The SMILES string of the molecule is CC1=C(C)C(C)([Si](c2ccccc2)(c2cc(C)cc(C)c2)c2ccc(C)cc2C)[C]([Ti+3])=C1C.[Cl-].[Cl-].[Cl-]. The molecular formula is C31H35Cl3SiTi. The van der Waals surface area contributed by atoms with Gasteiger partial charge < -0.3 is 37.2 Å². The van der Waals surface area contributed by atoms with Crippen molar-refractivity contribution in [1.29, 1.82) is 0 Å². The Kier molecular flexibility index (Phi) is 11.2. The van der Waals surface area contributed by atoms with Crippen LogP contribution < -0.4 is 52.8 Å². The maximum atomic E-state index is 2.55. The molecule has 1 aliphatic carbocycles. The molecule has 0 aliphatic heterocycles. The van der Waals surface area contributed by atoms with Gasteiger partial charge in [-0.05, 0) is 0 Å². The number of rotatable bonds is 4. The van der Waals surface area contributed by atoms with Gasteiger partial charge in [-0.15, -0.1) is 0 Å². The maximum Gasteiger partial charge on any atom is -1.00 e. The third-order valence-corrected chi connectivity index (χ3v) is 15.8. The number of hydrogen-bond acceptors (Lipinski definition) is 0. The largest absolute Gasteiger partial charge is 1.00 e. The standard InChI is InChI=1S/C31H35Si.3ClH.Ti/c1-21-14-15-30(24(4)17-21)32(28-12-10-9-11-13-28,29-18-22(2)16-23(3)19-29)31(8)20-25(5)26(6)27(31)7;;;;/h9-19H,1-8H3;3*1H;/q;;;;+3/p-3. The van der Waals surface area contributed by atoms with Gasteiger partial charge in [-0.2, -0.15) is 0 Å². The number of benzene rings is 3. The van der Waals surface area contributed by atoms with Crippen molar-refractivity contribution < 1.29 is 57.7 Å². The zero-order chi connectivity index (χ0) is 24.1. The molecule has 1 aliphatic rings. The molecule has 0 spiro atoms. The monoisotopic (exact) mass is 588 g/mol. The van der Waals surface area contributed by atoms with Crippen molar-refractivity contribution in [2.24, 2.45) is 0 Å². The van der Waals surface area contributed by atoms with E-state index in [9.17, 15) is 0 Å². The number of allylic oxidation sites excluding steroid dienone is 4. The predicted molar refractivity (Wildman–Crippen MR) is 142 cm³/mol. The van der Waals surface area contributed by atoms with Gasteiger partial charge in [0, 0.05) is 0 Å². The molecule has 5 heteroatoms. The van der Waals surface area contributed by atoms with Crippen LogP contribution in [-0.2, 0) is 20.4 Å². The second-order valence-electron chi connectivity index (χ2n) is 10.2. The topological polar surface area (TPSA) is 0 Å². The Morgan fingerprint density at radius 3 is 1.64 bits per heavy atom. The summed E-state index contributed by atoms with van der Waals surface area (Å²) in [7, 11) is -2.57. The van der Waals surface area contributed by atoms with Crippen LogP contribution in [0.1, 0.15) is 49.9 Å². The number of halogens is 3. The maximum absolute atomic E-state index is 2.57. The molecule has 0 radical (unpaired) electrons. The third kappa shape index (κ3) is 4.89. The molecule has 36 heavy (non-hydrogen) atoms. The Morgan fingerprint density at radius 1 is 0.611 bits per heavy atom. The van der Waals surface area contributed by atoms with Crippen LogP contribution in [0.2, 0.25) is 5.04 Å². The summed E-state index contributed by atoms with van der Waals surface area (Å²) in [6.07, 6.45) is 0. The Labute approximate surface area is 249 Å². The van der Waals surface area contributed by atoms with Crippen LogP contribution >= 0.6 is 0 Å². The van der Waals surface area contributed by atoms with E-state index in [0.29, 0.717) is 0 Å². The van der Waals surface area contributed by atoms with E-state index in [0.717, 1.165) is 0 Å². The van der Waals surface area contributed by atoms with Crippen molar-refractivity contribution in [3.05, 3.63) is 110 Å². The van der Waals surface area contributed by atoms with Crippen molar-refractivity contribution in [1.82, 2.24) is 0 Å². The minimum Gasteiger partial charge on any atom is -1.00 e. The van der Waals surface area contributed by atoms with Crippen LogP contribution in [-0.4, -0.2) is 8.07 Å². The molecule has 3 aromatic rings. The summed E-state index contributed by atoms with van der Waals surface area (Å²) in [5.41, 5.74) is 9.91. The van der Waals surface area contributed by atoms with Crippen LogP contribution in [0.25, 0.3) is 0 Å². The molecule has 0 heterocycles. The van der Waals surface area contributed by atoms with Crippen molar-refractivity contribution in [2.45, 2.75) is 60.4 Å². The molecule has 0 bridgehead atoms. The first-order chi connectivity index (χ1) is 15.5. The van der Waals surface area contributed by atoms with Crippen molar-refractivity contribution in [3.63, 3.8) is 0 Å². The minimum absolute atomic E-state index is 0. The van der Waals surface area contributed by atoms with Gasteiger partial charge in [0.25, 0.3) is 0 Å². The van der Waals surface area contributed by atoms with Gasteiger partial charge in [0.1, 0.15) is 0 Å². The zero-order valence-corrected chi connectivity index (χ0v) is 27.3. The fraction of sp³-hybridized carbons (Fsp3) is 0.290. The predicted octanol–water partition coefficient (Wildman–Crippen LogP) is -2.67. The first-order valence-corrected chi connectivity index (χ1v) is 14.7. The van der Waals surface area contributed by atoms with Gasteiger partial charge in [0.05, 0.1) is 0 Å². The fourth-order valence-electron chi connectivity index (χ4n) is 6.31. The van der Waals surface area contributed by atoms with Crippen LogP contribution in [0.3, 0.4) is 0 Å². The average molecular weight is 590 g/mol. The van der Waals surface area contributed by atoms with Crippen LogP contribution in [0.5, 0.6) is 0 Å². The Bertz CT molecular complexity index is 1270. The second kappa shape index (κ2) is 12.2. The van der Waals surface area contributed by atoms with Crippen molar-refractivity contribution in [2.75, 3.05) is 0 Å². The van der Waals surface area contributed by atoms with Gasteiger partial charge in [0.2, 0.25) is 0 Å². The first kappa shape index (κ1) is 33.0. The summed E-state index contributed by atoms with van der Waals surface area (Å²) in [6, 6.07) is 25.9.